The monoisotopic (exact) mass is 309 g/mol. The van der Waals surface area contributed by atoms with Crippen LogP contribution in [-0.2, 0) is 4.74 Å². The summed E-state index contributed by atoms with van der Waals surface area (Å²) >= 11 is 1.11. The van der Waals surface area contributed by atoms with E-state index in [1.165, 1.54) is 19.2 Å². The van der Waals surface area contributed by atoms with Gasteiger partial charge in [0.2, 0.25) is 0 Å². The summed E-state index contributed by atoms with van der Waals surface area (Å²) in [6.45, 7) is 1.69. The summed E-state index contributed by atoms with van der Waals surface area (Å²) in [7, 11) is 1.23. The number of benzene rings is 1. The first-order valence-electron chi connectivity index (χ1n) is 5.91. The van der Waals surface area contributed by atoms with Crippen LogP contribution in [0.2, 0.25) is 0 Å². The Labute approximate surface area is 124 Å². The molecule has 0 spiro atoms. The molecular formula is C14H12FNO4S. The van der Waals surface area contributed by atoms with Crippen LogP contribution >= 0.6 is 11.3 Å². The minimum Gasteiger partial charge on any atom is -0.507 e. The maximum Gasteiger partial charge on any atom is 0.350 e. The van der Waals surface area contributed by atoms with Gasteiger partial charge in [-0.15, -0.1) is 11.3 Å². The molecule has 7 heteroatoms. The molecule has 1 aromatic heterocycles. The molecule has 0 aliphatic rings. The number of thiophene rings is 1. The average molecular weight is 309 g/mol. The quantitative estimate of drug-likeness (QED) is 0.855. The molecule has 2 aromatic rings. The fraction of sp³-hybridized carbons (Fsp3) is 0.143. The van der Waals surface area contributed by atoms with Crippen molar-refractivity contribution in [3.8, 4) is 5.75 Å². The number of ether oxygens (including phenoxy) is 1. The van der Waals surface area contributed by atoms with Crippen LogP contribution in [0.25, 0.3) is 0 Å². The third kappa shape index (κ3) is 2.87. The van der Waals surface area contributed by atoms with Gasteiger partial charge in [-0.05, 0) is 30.0 Å². The number of methoxy groups -OCH3 is 1. The van der Waals surface area contributed by atoms with Crippen molar-refractivity contribution in [1.29, 1.82) is 0 Å². The average Bonchev–Trinajstić information content (AvgIpc) is 2.79. The molecule has 0 atom stereocenters. The van der Waals surface area contributed by atoms with Crippen LogP contribution < -0.4 is 5.32 Å². The van der Waals surface area contributed by atoms with E-state index in [9.17, 15) is 19.1 Å². The van der Waals surface area contributed by atoms with Crippen molar-refractivity contribution >= 4 is 28.9 Å². The first kappa shape index (κ1) is 15.0. The Hall–Kier alpha value is -2.41. The number of phenolic OH excluding ortho intramolecular Hbond substituents is 1. The normalized spacial score (nSPS) is 10.2. The van der Waals surface area contributed by atoms with E-state index >= 15 is 0 Å². The molecule has 0 aliphatic carbocycles. The summed E-state index contributed by atoms with van der Waals surface area (Å²) in [4.78, 5) is 23.9. The number of carbonyl (C=O) groups excluding carboxylic acids is 2. The van der Waals surface area contributed by atoms with Crippen molar-refractivity contribution < 1.29 is 23.8 Å². The number of anilines is 1. The predicted molar refractivity (Wildman–Crippen MR) is 76.4 cm³/mol. The van der Waals surface area contributed by atoms with Crippen molar-refractivity contribution in [2.75, 3.05) is 12.4 Å². The molecule has 5 nitrogen and oxygen atoms in total. The molecule has 0 saturated carbocycles. The minimum atomic E-state index is -0.847. The van der Waals surface area contributed by atoms with Crippen LogP contribution in [0.4, 0.5) is 10.1 Å². The van der Waals surface area contributed by atoms with Gasteiger partial charge in [0.25, 0.3) is 5.91 Å². The van der Waals surface area contributed by atoms with Gasteiger partial charge in [0, 0.05) is 0 Å². The summed E-state index contributed by atoms with van der Waals surface area (Å²) in [5.74, 6) is -2.75. The smallest absolute Gasteiger partial charge is 0.350 e. The lowest BCUT2D eigenvalue weighted by Crippen LogP contribution is -2.16. The molecule has 0 saturated heterocycles. The van der Waals surface area contributed by atoms with Gasteiger partial charge in [0.15, 0.2) is 0 Å². The summed E-state index contributed by atoms with van der Waals surface area (Å²) in [5.41, 5.74) is 0.419. The Balaban J connectivity index is 2.37. The molecule has 0 unspecified atom stereocenters. The van der Waals surface area contributed by atoms with E-state index in [4.69, 9.17) is 0 Å². The van der Waals surface area contributed by atoms with Crippen LogP contribution in [-0.4, -0.2) is 24.1 Å². The highest BCUT2D eigenvalue weighted by molar-refractivity contribution is 7.12. The van der Waals surface area contributed by atoms with Crippen LogP contribution in [0.1, 0.15) is 25.6 Å². The first-order chi connectivity index (χ1) is 9.95. The molecule has 0 fully saturated rings. The van der Waals surface area contributed by atoms with Crippen molar-refractivity contribution in [2.45, 2.75) is 6.92 Å². The minimum absolute atomic E-state index is 0.208. The number of aromatic hydroxyl groups is 1. The van der Waals surface area contributed by atoms with Crippen LogP contribution in [0.5, 0.6) is 5.75 Å². The zero-order chi connectivity index (χ0) is 15.6. The van der Waals surface area contributed by atoms with Crippen molar-refractivity contribution in [2.24, 2.45) is 0 Å². The number of carbonyl (C=O) groups is 2. The topological polar surface area (TPSA) is 75.6 Å². The molecule has 1 aromatic carbocycles. The highest BCUT2D eigenvalue weighted by atomic mass is 32.1. The van der Waals surface area contributed by atoms with E-state index in [1.807, 2.05) is 0 Å². The van der Waals surface area contributed by atoms with Crippen LogP contribution in [0.15, 0.2) is 23.6 Å². The molecule has 1 heterocycles. The van der Waals surface area contributed by atoms with Gasteiger partial charge in [-0.2, -0.15) is 0 Å². The van der Waals surface area contributed by atoms with Gasteiger partial charge in [0.05, 0.1) is 12.8 Å². The second-order valence-corrected chi connectivity index (χ2v) is 5.08. The van der Waals surface area contributed by atoms with E-state index in [0.29, 0.717) is 5.56 Å². The lowest BCUT2D eigenvalue weighted by Gasteiger charge is -2.09. The van der Waals surface area contributed by atoms with Crippen molar-refractivity contribution in [3.63, 3.8) is 0 Å². The van der Waals surface area contributed by atoms with Gasteiger partial charge in [-0.1, -0.05) is 6.07 Å². The van der Waals surface area contributed by atoms with Gasteiger partial charge in [0.1, 0.15) is 22.0 Å². The Kier molecular flexibility index (Phi) is 4.23. The number of nitrogens with one attached hydrogen (secondary N) is 1. The number of amides is 1. The first-order valence-corrected chi connectivity index (χ1v) is 6.79. The number of rotatable bonds is 3. The van der Waals surface area contributed by atoms with E-state index in [1.54, 1.807) is 12.3 Å². The summed E-state index contributed by atoms with van der Waals surface area (Å²) in [6, 6.07) is 3.56. The van der Waals surface area contributed by atoms with Gasteiger partial charge in [-0.25, -0.2) is 9.18 Å². The largest absolute Gasteiger partial charge is 0.507 e. The van der Waals surface area contributed by atoms with E-state index in [0.717, 1.165) is 17.4 Å². The molecule has 21 heavy (non-hydrogen) atoms. The number of esters is 1. The highest BCUT2D eigenvalue weighted by Crippen LogP contribution is 2.30. The SMILES string of the molecule is COC(=O)c1scc(C)c1NC(=O)c1c(O)cccc1F. The fourth-order valence-corrected chi connectivity index (χ4v) is 2.68. The molecule has 0 bridgehead atoms. The van der Waals surface area contributed by atoms with Crippen molar-refractivity contribution in [3.05, 3.63) is 45.4 Å². The molecule has 110 valence electrons. The number of hydrogen-bond acceptors (Lipinski definition) is 5. The summed E-state index contributed by atoms with van der Waals surface area (Å²) in [6.07, 6.45) is 0. The van der Waals surface area contributed by atoms with E-state index < -0.39 is 29.0 Å². The van der Waals surface area contributed by atoms with Gasteiger partial charge in [-0.3, -0.25) is 4.79 Å². The Morgan fingerprint density at radius 3 is 2.71 bits per heavy atom. The summed E-state index contributed by atoms with van der Waals surface area (Å²) in [5, 5.41) is 13.7. The second kappa shape index (κ2) is 5.92. The van der Waals surface area contributed by atoms with Gasteiger partial charge < -0.3 is 15.2 Å². The Morgan fingerprint density at radius 2 is 2.10 bits per heavy atom. The molecule has 1 amide bonds. The highest BCUT2D eigenvalue weighted by Gasteiger charge is 2.22. The third-order valence-electron chi connectivity index (χ3n) is 2.80. The maximum absolute atomic E-state index is 13.6. The standard InChI is InChI=1S/C14H12FNO4S/c1-7-6-21-12(14(19)20-2)11(7)16-13(18)10-8(15)4-3-5-9(10)17/h3-6,17H,1-2H3,(H,16,18). The van der Waals surface area contributed by atoms with Crippen molar-refractivity contribution in [1.82, 2.24) is 0 Å². The Morgan fingerprint density at radius 1 is 1.38 bits per heavy atom. The Bertz CT molecular complexity index is 691. The molecule has 2 rings (SSSR count). The van der Waals surface area contributed by atoms with E-state index in [-0.39, 0.29) is 10.6 Å². The number of halogens is 1. The van der Waals surface area contributed by atoms with E-state index in [2.05, 4.69) is 10.1 Å². The zero-order valence-corrected chi connectivity index (χ0v) is 12.1. The third-order valence-corrected chi connectivity index (χ3v) is 3.88. The molecular weight excluding hydrogens is 297 g/mol. The zero-order valence-electron chi connectivity index (χ0n) is 11.3. The lowest BCUT2D eigenvalue weighted by molar-refractivity contribution is 0.0607. The fourth-order valence-electron chi connectivity index (χ4n) is 1.76. The maximum atomic E-state index is 13.6. The van der Waals surface area contributed by atoms with Crippen LogP contribution in [0.3, 0.4) is 0 Å². The van der Waals surface area contributed by atoms with Crippen LogP contribution in [0, 0.1) is 12.7 Å². The number of hydrogen-bond donors (Lipinski definition) is 2. The number of phenols is 1. The lowest BCUT2D eigenvalue weighted by atomic mass is 10.1. The number of aryl methyl sites for hydroxylation is 1. The molecule has 0 aliphatic heterocycles. The molecule has 0 radical (unpaired) electrons. The molecule has 2 N–H and O–H groups in total. The van der Waals surface area contributed by atoms with Gasteiger partial charge >= 0.3 is 5.97 Å². The second-order valence-electron chi connectivity index (χ2n) is 4.20. The summed E-state index contributed by atoms with van der Waals surface area (Å²) < 4.78 is 18.3. The predicted octanol–water partition coefficient (Wildman–Crippen LogP) is 2.94.